The molecule has 0 radical (unpaired) electrons. The number of amides is 1. The number of aliphatic hydroxyl groups is 2. The standard InChI is InChI=1S/C17H26N2O6/c1-10-8-11(2)13(19(23)24)9-12(10)15(21)14(20)6-7-18-16(22)25-17(3,4)5/h8-9,14-15,20-21H,6-7H2,1-5H3,(H,18,22). The largest absolute Gasteiger partial charge is 0.444 e. The number of alkyl carbamates (subject to hydrolysis) is 1. The molecule has 0 saturated carbocycles. The molecule has 2 unspecified atom stereocenters. The molecule has 140 valence electrons. The number of aliphatic hydroxyl groups excluding tert-OH is 2. The number of carbonyl (C=O) groups is 1. The highest BCUT2D eigenvalue weighted by Gasteiger charge is 2.24. The van der Waals surface area contributed by atoms with Crippen molar-refractivity contribution in [2.75, 3.05) is 6.54 Å². The van der Waals surface area contributed by atoms with Crippen molar-refractivity contribution in [3.8, 4) is 0 Å². The highest BCUT2D eigenvalue weighted by molar-refractivity contribution is 5.67. The zero-order valence-electron chi connectivity index (χ0n) is 15.2. The normalized spacial score (nSPS) is 13.9. The summed E-state index contributed by atoms with van der Waals surface area (Å²) in [5.74, 6) is 0. The maximum Gasteiger partial charge on any atom is 0.407 e. The molecule has 2 atom stereocenters. The number of nitro benzene ring substituents is 1. The lowest BCUT2D eigenvalue weighted by molar-refractivity contribution is -0.385. The van der Waals surface area contributed by atoms with Crippen LogP contribution in [0.1, 0.15) is 50.0 Å². The summed E-state index contributed by atoms with van der Waals surface area (Å²) < 4.78 is 5.07. The number of carbonyl (C=O) groups excluding carboxylic acids is 1. The molecule has 8 heteroatoms. The average molecular weight is 354 g/mol. The van der Waals surface area contributed by atoms with Gasteiger partial charge in [-0.05, 0) is 58.2 Å². The van der Waals surface area contributed by atoms with Crippen molar-refractivity contribution in [3.63, 3.8) is 0 Å². The fourth-order valence-corrected chi connectivity index (χ4v) is 2.37. The van der Waals surface area contributed by atoms with Gasteiger partial charge >= 0.3 is 6.09 Å². The molecule has 0 aromatic heterocycles. The van der Waals surface area contributed by atoms with Gasteiger partial charge in [-0.1, -0.05) is 0 Å². The van der Waals surface area contributed by atoms with Crippen molar-refractivity contribution < 1.29 is 24.7 Å². The maximum atomic E-state index is 11.5. The van der Waals surface area contributed by atoms with Crippen LogP contribution in [0.25, 0.3) is 0 Å². The first-order valence-corrected chi connectivity index (χ1v) is 8.01. The van der Waals surface area contributed by atoms with Crippen molar-refractivity contribution in [1.29, 1.82) is 0 Å². The van der Waals surface area contributed by atoms with E-state index in [4.69, 9.17) is 4.74 Å². The Morgan fingerprint density at radius 2 is 1.88 bits per heavy atom. The molecule has 0 bridgehead atoms. The quantitative estimate of drug-likeness (QED) is 0.533. The van der Waals surface area contributed by atoms with Gasteiger partial charge in [0, 0.05) is 18.2 Å². The molecule has 1 aromatic rings. The zero-order chi connectivity index (χ0) is 19.4. The lowest BCUT2D eigenvalue weighted by atomic mass is 9.95. The van der Waals surface area contributed by atoms with E-state index in [9.17, 15) is 25.1 Å². The Kier molecular flexibility index (Phi) is 6.89. The van der Waals surface area contributed by atoms with Crippen LogP contribution in [0.2, 0.25) is 0 Å². The van der Waals surface area contributed by atoms with Crippen LogP contribution in [-0.4, -0.2) is 39.5 Å². The Balaban J connectivity index is 2.71. The third-order valence-corrected chi connectivity index (χ3v) is 3.57. The van der Waals surface area contributed by atoms with Gasteiger partial charge in [0.05, 0.1) is 11.0 Å². The molecule has 0 heterocycles. The topological polar surface area (TPSA) is 122 Å². The second kappa shape index (κ2) is 8.26. The Hall–Kier alpha value is -2.19. The second-order valence-corrected chi connectivity index (χ2v) is 6.98. The molecule has 0 spiro atoms. The summed E-state index contributed by atoms with van der Waals surface area (Å²) >= 11 is 0. The summed E-state index contributed by atoms with van der Waals surface area (Å²) in [5.41, 5.74) is 0.690. The summed E-state index contributed by atoms with van der Waals surface area (Å²) in [6, 6.07) is 2.88. The van der Waals surface area contributed by atoms with Gasteiger partial charge in [-0.15, -0.1) is 0 Å². The van der Waals surface area contributed by atoms with Gasteiger partial charge in [0.25, 0.3) is 5.69 Å². The SMILES string of the molecule is Cc1cc(C)c([N+](=O)[O-])cc1C(O)C(O)CCNC(=O)OC(C)(C)C. The molecule has 25 heavy (non-hydrogen) atoms. The summed E-state index contributed by atoms with van der Waals surface area (Å²) in [5, 5.41) is 34.0. The molecule has 0 saturated heterocycles. The smallest absolute Gasteiger partial charge is 0.407 e. The van der Waals surface area contributed by atoms with E-state index < -0.39 is 28.8 Å². The van der Waals surface area contributed by atoms with Gasteiger partial charge in [-0.2, -0.15) is 0 Å². The predicted molar refractivity (Wildman–Crippen MR) is 92.4 cm³/mol. The molecule has 3 N–H and O–H groups in total. The molecule has 1 aromatic carbocycles. The number of nitro groups is 1. The number of nitrogens with one attached hydrogen (secondary N) is 1. The highest BCUT2D eigenvalue weighted by Crippen LogP contribution is 2.29. The summed E-state index contributed by atoms with van der Waals surface area (Å²) in [6.07, 6.45) is -3.02. The number of hydrogen-bond acceptors (Lipinski definition) is 6. The van der Waals surface area contributed by atoms with Crippen molar-refractivity contribution in [3.05, 3.63) is 38.9 Å². The third-order valence-electron chi connectivity index (χ3n) is 3.57. The number of hydrogen-bond donors (Lipinski definition) is 3. The monoisotopic (exact) mass is 354 g/mol. The van der Waals surface area contributed by atoms with Crippen LogP contribution in [0.5, 0.6) is 0 Å². The first kappa shape index (κ1) is 20.9. The van der Waals surface area contributed by atoms with Gasteiger partial charge in [0.1, 0.15) is 11.7 Å². The van der Waals surface area contributed by atoms with E-state index in [2.05, 4.69) is 5.32 Å². The van der Waals surface area contributed by atoms with E-state index in [1.807, 2.05) is 0 Å². The summed E-state index contributed by atoms with van der Waals surface area (Å²) in [6.45, 7) is 8.62. The minimum Gasteiger partial charge on any atom is -0.444 e. The molecule has 0 aliphatic heterocycles. The Morgan fingerprint density at radius 1 is 1.28 bits per heavy atom. The number of benzene rings is 1. The third kappa shape index (κ3) is 6.32. The Labute approximate surface area is 147 Å². The maximum absolute atomic E-state index is 11.5. The van der Waals surface area contributed by atoms with E-state index in [0.29, 0.717) is 16.7 Å². The predicted octanol–water partition coefficient (Wildman–Crippen LogP) is 2.52. The van der Waals surface area contributed by atoms with Crippen molar-refractivity contribution >= 4 is 11.8 Å². The number of aryl methyl sites for hydroxylation is 2. The second-order valence-electron chi connectivity index (χ2n) is 6.98. The van der Waals surface area contributed by atoms with Crippen molar-refractivity contribution in [1.82, 2.24) is 5.32 Å². The number of ether oxygens (including phenoxy) is 1. The van der Waals surface area contributed by atoms with Crippen LogP contribution in [0.3, 0.4) is 0 Å². The molecule has 0 fully saturated rings. The molecular formula is C17H26N2O6. The van der Waals surface area contributed by atoms with Crippen molar-refractivity contribution in [2.45, 2.75) is 58.8 Å². The molecular weight excluding hydrogens is 328 g/mol. The van der Waals surface area contributed by atoms with E-state index in [0.717, 1.165) is 0 Å². The van der Waals surface area contributed by atoms with Crippen LogP contribution in [0.4, 0.5) is 10.5 Å². The van der Waals surface area contributed by atoms with E-state index in [1.165, 1.54) is 6.07 Å². The van der Waals surface area contributed by atoms with E-state index in [-0.39, 0.29) is 18.7 Å². The fourth-order valence-electron chi connectivity index (χ4n) is 2.37. The molecule has 0 aliphatic rings. The first-order valence-electron chi connectivity index (χ1n) is 8.01. The minimum atomic E-state index is -1.29. The lowest BCUT2D eigenvalue weighted by Crippen LogP contribution is -2.34. The van der Waals surface area contributed by atoms with Crippen LogP contribution < -0.4 is 5.32 Å². The average Bonchev–Trinajstić information content (AvgIpc) is 2.44. The van der Waals surface area contributed by atoms with E-state index >= 15 is 0 Å². The molecule has 1 rings (SSSR count). The molecule has 1 amide bonds. The number of nitrogens with zero attached hydrogens (tertiary/aromatic N) is 1. The molecule has 0 aliphatic carbocycles. The van der Waals surface area contributed by atoms with Crippen molar-refractivity contribution in [2.24, 2.45) is 0 Å². The van der Waals surface area contributed by atoms with E-state index in [1.54, 1.807) is 40.7 Å². The summed E-state index contributed by atoms with van der Waals surface area (Å²) in [7, 11) is 0. The Bertz CT molecular complexity index is 639. The van der Waals surface area contributed by atoms with Gasteiger partial charge in [-0.25, -0.2) is 4.79 Å². The lowest BCUT2D eigenvalue weighted by Gasteiger charge is -2.22. The van der Waals surface area contributed by atoms with Gasteiger partial charge in [-0.3, -0.25) is 10.1 Å². The Morgan fingerprint density at radius 3 is 2.40 bits per heavy atom. The fraction of sp³-hybridized carbons (Fsp3) is 0.588. The van der Waals surface area contributed by atoms with Gasteiger partial charge < -0.3 is 20.3 Å². The number of rotatable bonds is 6. The van der Waals surface area contributed by atoms with Crippen LogP contribution in [0, 0.1) is 24.0 Å². The summed E-state index contributed by atoms with van der Waals surface area (Å²) in [4.78, 5) is 22.1. The minimum absolute atomic E-state index is 0.0710. The first-order chi connectivity index (χ1) is 11.4. The van der Waals surface area contributed by atoms with Gasteiger partial charge in [0.15, 0.2) is 0 Å². The van der Waals surface area contributed by atoms with Crippen LogP contribution in [0.15, 0.2) is 12.1 Å². The van der Waals surface area contributed by atoms with Gasteiger partial charge in [0.2, 0.25) is 0 Å². The van der Waals surface area contributed by atoms with Crippen LogP contribution in [-0.2, 0) is 4.74 Å². The molecule has 8 nitrogen and oxygen atoms in total. The highest BCUT2D eigenvalue weighted by atomic mass is 16.6. The zero-order valence-corrected chi connectivity index (χ0v) is 15.2. The van der Waals surface area contributed by atoms with Crippen LogP contribution >= 0.6 is 0 Å².